The number of hydrogen-bond acceptors (Lipinski definition) is 4. The van der Waals surface area contributed by atoms with Crippen LogP contribution in [0.25, 0.3) is 5.52 Å². The fourth-order valence-electron chi connectivity index (χ4n) is 7.34. The summed E-state index contributed by atoms with van der Waals surface area (Å²) in [5.41, 5.74) is 4.08. The average molecular weight is 444 g/mol. The average Bonchev–Trinajstić information content (AvgIpc) is 3.19. The Balaban J connectivity index is 1.14. The molecule has 172 valence electrons. The predicted octanol–water partition coefficient (Wildman–Crippen LogP) is 4.31. The van der Waals surface area contributed by atoms with Crippen molar-refractivity contribution in [3.8, 4) is 0 Å². The van der Waals surface area contributed by atoms with E-state index in [9.17, 15) is 4.79 Å². The number of carbonyl (C=O) groups excluding carboxylic acids is 1. The number of pyridine rings is 2. The van der Waals surface area contributed by atoms with Crippen molar-refractivity contribution in [2.45, 2.75) is 51.6 Å². The van der Waals surface area contributed by atoms with E-state index in [1.54, 1.807) is 6.20 Å². The highest BCUT2D eigenvalue weighted by molar-refractivity contribution is 6.00. The molecule has 1 N–H and O–H groups in total. The normalized spacial score (nSPS) is 28.0. The molecule has 0 atom stereocenters. The monoisotopic (exact) mass is 443 g/mol. The van der Waals surface area contributed by atoms with Crippen molar-refractivity contribution in [1.29, 1.82) is 0 Å². The van der Waals surface area contributed by atoms with Crippen LogP contribution >= 0.6 is 0 Å². The molecule has 3 aromatic rings. The second-order valence-electron chi connectivity index (χ2n) is 11.0. The van der Waals surface area contributed by atoms with E-state index in [2.05, 4.69) is 34.4 Å². The molecule has 1 amide bonds. The molecule has 7 rings (SSSR count). The number of carbonyl (C=O) groups is 1. The molecule has 0 aliphatic heterocycles. The second kappa shape index (κ2) is 8.24. The molecule has 33 heavy (non-hydrogen) atoms. The van der Waals surface area contributed by atoms with Gasteiger partial charge in [0.1, 0.15) is 0 Å². The van der Waals surface area contributed by atoms with E-state index in [1.807, 2.05) is 35.1 Å². The number of nitrogens with zero attached hydrogens (tertiary/aromatic N) is 4. The van der Waals surface area contributed by atoms with E-state index in [1.165, 1.54) is 44.1 Å². The SMILES string of the molecule is CN(Cc1cccnc1)Cc1cc2c(C(=O)NCC34CC5CC(CC(C5)C3)C4)cccn2n1. The Morgan fingerprint density at radius 1 is 1.12 bits per heavy atom. The lowest BCUT2D eigenvalue weighted by Crippen LogP contribution is -2.51. The third-order valence-electron chi connectivity index (χ3n) is 8.19. The van der Waals surface area contributed by atoms with Gasteiger partial charge < -0.3 is 5.32 Å². The summed E-state index contributed by atoms with van der Waals surface area (Å²) < 4.78 is 1.84. The van der Waals surface area contributed by atoms with Crippen LogP contribution in [0.3, 0.4) is 0 Å². The fraction of sp³-hybridized carbons (Fsp3) is 0.519. The first-order chi connectivity index (χ1) is 16.1. The minimum atomic E-state index is 0.0338. The molecule has 0 aromatic carbocycles. The van der Waals surface area contributed by atoms with Crippen molar-refractivity contribution in [1.82, 2.24) is 24.8 Å². The zero-order valence-electron chi connectivity index (χ0n) is 19.4. The van der Waals surface area contributed by atoms with Gasteiger partial charge >= 0.3 is 0 Å². The van der Waals surface area contributed by atoms with Gasteiger partial charge in [0.2, 0.25) is 0 Å². The zero-order chi connectivity index (χ0) is 22.4. The molecule has 4 saturated carbocycles. The van der Waals surface area contributed by atoms with Gasteiger partial charge in [0, 0.05) is 38.2 Å². The number of aromatic nitrogens is 3. The summed E-state index contributed by atoms with van der Waals surface area (Å²) in [6, 6.07) is 9.94. The highest BCUT2D eigenvalue weighted by Crippen LogP contribution is 2.59. The van der Waals surface area contributed by atoms with Gasteiger partial charge in [0.15, 0.2) is 0 Å². The highest BCUT2D eigenvalue weighted by atomic mass is 16.1. The van der Waals surface area contributed by atoms with Gasteiger partial charge in [-0.15, -0.1) is 0 Å². The molecule has 0 saturated heterocycles. The Labute approximate surface area is 195 Å². The van der Waals surface area contributed by atoms with Crippen molar-refractivity contribution in [3.63, 3.8) is 0 Å². The molecule has 0 unspecified atom stereocenters. The van der Waals surface area contributed by atoms with Gasteiger partial charge in [-0.25, -0.2) is 4.52 Å². The molecule has 4 aliphatic carbocycles. The van der Waals surface area contributed by atoms with E-state index in [-0.39, 0.29) is 5.91 Å². The van der Waals surface area contributed by atoms with Crippen LogP contribution in [0.2, 0.25) is 0 Å². The summed E-state index contributed by atoms with van der Waals surface area (Å²) in [5.74, 6) is 2.74. The van der Waals surface area contributed by atoms with E-state index in [0.717, 1.165) is 47.6 Å². The maximum atomic E-state index is 13.3. The van der Waals surface area contributed by atoms with Crippen LogP contribution in [0.15, 0.2) is 48.9 Å². The lowest BCUT2D eigenvalue weighted by atomic mass is 9.49. The predicted molar refractivity (Wildman–Crippen MR) is 128 cm³/mol. The smallest absolute Gasteiger partial charge is 0.253 e. The highest BCUT2D eigenvalue weighted by Gasteiger charge is 2.50. The number of hydrogen-bond donors (Lipinski definition) is 1. The molecule has 4 aliphatic rings. The molecular weight excluding hydrogens is 410 g/mol. The minimum Gasteiger partial charge on any atom is -0.351 e. The third-order valence-corrected chi connectivity index (χ3v) is 8.19. The number of nitrogens with one attached hydrogen (secondary N) is 1. The van der Waals surface area contributed by atoms with Crippen molar-refractivity contribution < 1.29 is 4.79 Å². The summed E-state index contributed by atoms with van der Waals surface area (Å²) >= 11 is 0. The molecule has 0 radical (unpaired) electrons. The quantitative estimate of drug-likeness (QED) is 0.591. The van der Waals surface area contributed by atoms with Gasteiger partial charge in [-0.1, -0.05) is 6.07 Å². The summed E-state index contributed by atoms with van der Waals surface area (Å²) in [6.45, 7) is 2.34. The summed E-state index contributed by atoms with van der Waals surface area (Å²) in [5, 5.41) is 8.06. The van der Waals surface area contributed by atoms with Crippen LogP contribution < -0.4 is 5.32 Å². The first kappa shape index (κ1) is 20.8. The molecule has 4 fully saturated rings. The number of fused-ring (bicyclic) bond motifs is 1. The van der Waals surface area contributed by atoms with Crippen LogP contribution in [-0.4, -0.2) is 39.0 Å². The summed E-state index contributed by atoms with van der Waals surface area (Å²) in [4.78, 5) is 19.7. The van der Waals surface area contributed by atoms with Crippen LogP contribution in [-0.2, 0) is 13.1 Å². The van der Waals surface area contributed by atoms with Crippen LogP contribution in [0.1, 0.15) is 60.1 Å². The summed E-state index contributed by atoms with van der Waals surface area (Å²) in [7, 11) is 2.08. The standard InChI is InChI=1S/C27H33N5O/c1-31(16-19-4-2-6-28-15-19)17-23-11-25-24(5-3-7-32(25)30-23)26(33)29-18-27-12-20-8-21(13-27)10-22(9-20)14-27/h2-7,11,15,20-22H,8-10,12-14,16-18H2,1H3,(H,29,33). The lowest BCUT2D eigenvalue weighted by Gasteiger charge is -2.56. The topological polar surface area (TPSA) is 62.5 Å². The second-order valence-corrected chi connectivity index (χ2v) is 11.0. The Kier molecular flexibility index (Phi) is 5.21. The largest absolute Gasteiger partial charge is 0.351 e. The third kappa shape index (κ3) is 4.17. The Bertz CT molecular complexity index is 1120. The maximum absolute atomic E-state index is 13.3. The summed E-state index contributed by atoms with van der Waals surface area (Å²) in [6.07, 6.45) is 13.8. The molecule has 6 nitrogen and oxygen atoms in total. The Morgan fingerprint density at radius 3 is 2.58 bits per heavy atom. The minimum absolute atomic E-state index is 0.0338. The first-order valence-corrected chi connectivity index (χ1v) is 12.4. The molecule has 4 bridgehead atoms. The van der Waals surface area contributed by atoms with Gasteiger partial charge in [0.05, 0.1) is 16.8 Å². The van der Waals surface area contributed by atoms with Crippen LogP contribution in [0.4, 0.5) is 0 Å². The van der Waals surface area contributed by atoms with E-state index >= 15 is 0 Å². The molecule has 6 heteroatoms. The van der Waals surface area contributed by atoms with E-state index < -0.39 is 0 Å². The van der Waals surface area contributed by atoms with Crippen molar-refractivity contribution in [2.75, 3.05) is 13.6 Å². The van der Waals surface area contributed by atoms with Gasteiger partial charge in [-0.3, -0.25) is 14.7 Å². The van der Waals surface area contributed by atoms with E-state index in [4.69, 9.17) is 5.10 Å². The number of rotatable bonds is 7. The van der Waals surface area contributed by atoms with Gasteiger partial charge in [-0.05, 0) is 98.6 Å². The van der Waals surface area contributed by atoms with Crippen LogP contribution in [0, 0.1) is 23.2 Å². The van der Waals surface area contributed by atoms with Crippen LogP contribution in [0.5, 0.6) is 0 Å². The maximum Gasteiger partial charge on any atom is 0.253 e. The molecular formula is C27H33N5O. The first-order valence-electron chi connectivity index (χ1n) is 12.4. The zero-order valence-corrected chi connectivity index (χ0v) is 19.4. The molecule has 3 heterocycles. The van der Waals surface area contributed by atoms with Gasteiger partial charge in [0.25, 0.3) is 5.91 Å². The fourth-order valence-corrected chi connectivity index (χ4v) is 7.34. The lowest BCUT2D eigenvalue weighted by molar-refractivity contribution is -0.0503. The van der Waals surface area contributed by atoms with Crippen molar-refractivity contribution >= 4 is 11.4 Å². The molecule has 0 spiro atoms. The molecule has 3 aromatic heterocycles. The van der Waals surface area contributed by atoms with Crippen molar-refractivity contribution in [2.24, 2.45) is 23.2 Å². The number of amides is 1. The Morgan fingerprint density at radius 2 is 1.88 bits per heavy atom. The van der Waals surface area contributed by atoms with E-state index in [0.29, 0.717) is 12.0 Å². The van der Waals surface area contributed by atoms with Gasteiger partial charge in [-0.2, -0.15) is 5.10 Å². The van der Waals surface area contributed by atoms with Crippen molar-refractivity contribution in [3.05, 3.63) is 65.7 Å². The Hall–Kier alpha value is -2.73.